The Hall–Kier alpha value is -1.02. The van der Waals surface area contributed by atoms with Crippen LogP contribution in [0.3, 0.4) is 0 Å². The van der Waals surface area contributed by atoms with Crippen molar-refractivity contribution < 1.29 is 9.47 Å². The first-order valence-electron chi connectivity index (χ1n) is 7.54. The van der Waals surface area contributed by atoms with E-state index in [1.165, 1.54) is 11.1 Å². The van der Waals surface area contributed by atoms with E-state index in [-0.39, 0.29) is 0 Å². The third kappa shape index (κ3) is 3.73. The van der Waals surface area contributed by atoms with Gasteiger partial charge in [0, 0.05) is 0 Å². The molecule has 1 heterocycles. The number of ether oxygens (including phenoxy) is 2. The molecule has 1 aliphatic rings. The van der Waals surface area contributed by atoms with Gasteiger partial charge in [0.25, 0.3) is 0 Å². The lowest BCUT2D eigenvalue weighted by atomic mass is 9.89. The summed E-state index contributed by atoms with van der Waals surface area (Å²) in [6.45, 7) is 9.50. The number of rotatable bonds is 7. The van der Waals surface area contributed by atoms with Gasteiger partial charge in [-0.05, 0) is 50.7 Å². The van der Waals surface area contributed by atoms with Crippen LogP contribution in [-0.4, -0.2) is 18.8 Å². The Morgan fingerprint density at radius 2 is 2.05 bits per heavy atom. The van der Waals surface area contributed by atoms with Crippen LogP contribution in [0.2, 0.25) is 0 Å². The second kappa shape index (κ2) is 6.42. The molecule has 3 unspecified atom stereocenters. The van der Waals surface area contributed by atoms with Crippen molar-refractivity contribution in [1.29, 1.82) is 0 Å². The van der Waals surface area contributed by atoms with Crippen molar-refractivity contribution in [2.24, 2.45) is 0 Å². The van der Waals surface area contributed by atoms with E-state index in [0.717, 1.165) is 31.6 Å². The van der Waals surface area contributed by atoms with Crippen molar-refractivity contribution in [3.05, 3.63) is 29.3 Å². The minimum atomic E-state index is 0.443. The second-order valence-corrected chi connectivity index (χ2v) is 5.61. The van der Waals surface area contributed by atoms with Crippen LogP contribution < -0.4 is 4.74 Å². The summed E-state index contributed by atoms with van der Waals surface area (Å²) < 4.78 is 11.5. The van der Waals surface area contributed by atoms with E-state index in [9.17, 15) is 0 Å². The predicted molar refractivity (Wildman–Crippen MR) is 78.9 cm³/mol. The summed E-state index contributed by atoms with van der Waals surface area (Å²) >= 11 is 0. The highest BCUT2D eigenvalue weighted by Crippen LogP contribution is 2.38. The molecule has 1 aliphatic heterocycles. The fraction of sp³-hybridized carbons (Fsp3) is 0.647. The highest BCUT2D eigenvalue weighted by molar-refractivity contribution is 5.39. The zero-order chi connectivity index (χ0) is 13.8. The summed E-state index contributed by atoms with van der Waals surface area (Å²) in [6.07, 6.45) is 4.19. The lowest BCUT2D eigenvalue weighted by molar-refractivity contribution is 0.308. The fourth-order valence-electron chi connectivity index (χ4n) is 2.60. The largest absolute Gasteiger partial charge is 0.493 e. The van der Waals surface area contributed by atoms with Gasteiger partial charge in [-0.25, -0.2) is 0 Å². The van der Waals surface area contributed by atoms with Crippen molar-refractivity contribution in [2.75, 3.05) is 6.61 Å². The van der Waals surface area contributed by atoms with Crippen LogP contribution in [-0.2, 0) is 4.74 Å². The van der Waals surface area contributed by atoms with Crippen molar-refractivity contribution in [3.63, 3.8) is 0 Å². The van der Waals surface area contributed by atoms with E-state index in [0.29, 0.717) is 18.1 Å². The summed E-state index contributed by atoms with van der Waals surface area (Å²) in [5.74, 6) is 1.61. The second-order valence-electron chi connectivity index (χ2n) is 5.61. The van der Waals surface area contributed by atoms with E-state index < -0.39 is 0 Å². The molecule has 1 fully saturated rings. The Labute approximate surface area is 117 Å². The van der Waals surface area contributed by atoms with Crippen LogP contribution in [0.15, 0.2) is 18.2 Å². The van der Waals surface area contributed by atoms with Crippen LogP contribution in [0.1, 0.15) is 57.1 Å². The Kier molecular flexibility index (Phi) is 4.87. The number of aryl methyl sites for hydroxylation is 1. The molecule has 2 nitrogen and oxygen atoms in total. The van der Waals surface area contributed by atoms with Gasteiger partial charge in [0.1, 0.15) is 5.75 Å². The molecule has 1 aromatic carbocycles. The van der Waals surface area contributed by atoms with Gasteiger partial charge in [0.2, 0.25) is 0 Å². The van der Waals surface area contributed by atoms with E-state index in [1.807, 2.05) is 0 Å². The fourth-order valence-corrected chi connectivity index (χ4v) is 2.60. The first kappa shape index (κ1) is 14.4. The van der Waals surface area contributed by atoms with Crippen LogP contribution in [0, 0.1) is 6.92 Å². The summed E-state index contributed by atoms with van der Waals surface area (Å²) in [7, 11) is 0. The zero-order valence-corrected chi connectivity index (χ0v) is 12.6. The lowest BCUT2D eigenvalue weighted by Gasteiger charge is -2.19. The molecule has 0 amide bonds. The van der Waals surface area contributed by atoms with Gasteiger partial charge in [-0.2, -0.15) is 0 Å². The normalized spacial score (nSPS) is 23.2. The average Bonchev–Trinajstić information content (AvgIpc) is 3.10. The van der Waals surface area contributed by atoms with E-state index in [2.05, 4.69) is 45.9 Å². The molecule has 3 atom stereocenters. The summed E-state index contributed by atoms with van der Waals surface area (Å²) in [5.41, 5.74) is 2.67. The highest BCUT2D eigenvalue weighted by atomic mass is 16.6. The van der Waals surface area contributed by atoms with Gasteiger partial charge in [-0.15, -0.1) is 0 Å². The highest BCUT2D eigenvalue weighted by Gasteiger charge is 2.36. The van der Waals surface area contributed by atoms with Crippen LogP contribution in [0.5, 0.6) is 5.75 Å². The number of epoxide rings is 1. The molecule has 0 N–H and O–H groups in total. The van der Waals surface area contributed by atoms with Gasteiger partial charge >= 0.3 is 0 Å². The lowest BCUT2D eigenvalue weighted by Crippen LogP contribution is -2.07. The minimum absolute atomic E-state index is 0.443. The molecule has 106 valence electrons. The summed E-state index contributed by atoms with van der Waals surface area (Å²) in [5, 5.41) is 0. The Balaban J connectivity index is 2.15. The first-order valence-corrected chi connectivity index (χ1v) is 7.54. The average molecular weight is 262 g/mol. The van der Waals surface area contributed by atoms with E-state index in [4.69, 9.17) is 9.47 Å². The molecule has 0 saturated carbocycles. The number of benzene rings is 1. The molecule has 0 aliphatic carbocycles. The first-order chi connectivity index (χ1) is 9.15. The molecular formula is C17H26O2. The number of hydrogen-bond acceptors (Lipinski definition) is 2. The summed E-state index contributed by atoms with van der Waals surface area (Å²) in [4.78, 5) is 0. The monoisotopic (exact) mass is 262 g/mol. The smallest absolute Gasteiger partial charge is 0.122 e. The van der Waals surface area contributed by atoms with Gasteiger partial charge in [-0.1, -0.05) is 31.5 Å². The van der Waals surface area contributed by atoms with Crippen LogP contribution in [0.25, 0.3) is 0 Å². The zero-order valence-electron chi connectivity index (χ0n) is 12.6. The van der Waals surface area contributed by atoms with E-state index in [1.54, 1.807) is 0 Å². The maximum Gasteiger partial charge on any atom is 0.122 e. The quantitative estimate of drug-likeness (QED) is 0.677. The standard InChI is InChI=1S/C17H26O2/c1-5-9-18-16-8-7-12(3)10-15(16)14(6-2)11-17-13(4)19-17/h7-8,10,13-14,17H,5-6,9,11H2,1-4H3. The minimum Gasteiger partial charge on any atom is -0.493 e. The predicted octanol–water partition coefficient (Wildman–Crippen LogP) is 4.45. The molecule has 0 radical (unpaired) electrons. The van der Waals surface area contributed by atoms with Crippen LogP contribution in [0.4, 0.5) is 0 Å². The van der Waals surface area contributed by atoms with Gasteiger partial charge < -0.3 is 9.47 Å². The van der Waals surface area contributed by atoms with Gasteiger partial charge in [-0.3, -0.25) is 0 Å². The molecule has 0 aromatic heterocycles. The Morgan fingerprint density at radius 1 is 1.32 bits per heavy atom. The van der Waals surface area contributed by atoms with Gasteiger partial charge in [0.15, 0.2) is 0 Å². The third-order valence-corrected chi connectivity index (χ3v) is 3.91. The van der Waals surface area contributed by atoms with Gasteiger partial charge in [0.05, 0.1) is 18.8 Å². The maximum atomic E-state index is 5.91. The maximum absolute atomic E-state index is 5.91. The van der Waals surface area contributed by atoms with Crippen molar-refractivity contribution >= 4 is 0 Å². The molecule has 0 spiro atoms. The topological polar surface area (TPSA) is 21.8 Å². The SMILES string of the molecule is CCCOc1ccc(C)cc1C(CC)CC1OC1C. The molecule has 1 saturated heterocycles. The number of hydrogen-bond donors (Lipinski definition) is 0. The van der Waals surface area contributed by atoms with E-state index >= 15 is 0 Å². The van der Waals surface area contributed by atoms with Crippen LogP contribution >= 0.6 is 0 Å². The molecule has 0 bridgehead atoms. The molecule has 1 aromatic rings. The molecule has 2 heteroatoms. The third-order valence-electron chi connectivity index (χ3n) is 3.91. The van der Waals surface area contributed by atoms with Crippen molar-refractivity contribution in [2.45, 2.75) is 65.1 Å². The van der Waals surface area contributed by atoms with Crippen molar-refractivity contribution in [1.82, 2.24) is 0 Å². The Bertz CT molecular complexity index is 414. The Morgan fingerprint density at radius 3 is 2.63 bits per heavy atom. The molecule has 2 rings (SSSR count). The molecule has 19 heavy (non-hydrogen) atoms. The van der Waals surface area contributed by atoms with Crippen molar-refractivity contribution in [3.8, 4) is 5.75 Å². The molecular weight excluding hydrogens is 236 g/mol. The summed E-state index contributed by atoms with van der Waals surface area (Å²) in [6, 6.07) is 6.55.